The van der Waals surface area contributed by atoms with E-state index in [9.17, 15) is 9.90 Å². The molecule has 0 aliphatic heterocycles. The maximum Gasteiger partial charge on any atom is 0.244 e. The first-order chi connectivity index (χ1) is 15.8. The number of nitrogens with one attached hydrogen (secondary N) is 1. The predicted molar refractivity (Wildman–Crippen MR) is 121 cm³/mol. The summed E-state index contributed by atoms with van der Waals surface area (Å²) in [5, 5.41) is 20.6. The number of hydrogen-bond donors (Lipinski definition) is 3. The van der Waals surface area contributed by atoms with Gasteiger partial charge >= 0.3 is 0 Å². The van der Waals surface area contributed by atoms with Gasteiger partial charge in [0, 0.05) is 17.7 Å². The molecule has 0 spiro atoms. The van der Waals surface area contributed by atoms with E-state index in [-0.39, 0.29) is 0 Å². The molecule has 0 saturated heterocycles. The average Bonchev–Trinajstić information content (AvgIpc) is 3.32. The van der Waals surface area contributed by atoms with Crippen molar-refractivity contribution in [2.24, 2.45) is 5.73 Å². The minimum atomic E-state index is -1.09. The van der Waals surface area contributed by atoms with Crippen molar-refractivity contribution in [2.75, 3.05) is 33.8 Å². The monoisotopic (exact) mass is 457 g/mol. The SMILES string of the molecule is COc1ccc(-c2cnnn2-c2cc(OC)c(OC)c(OC)c2)cc1NC(=O)C(N)C(C)O. The van der Waals surface area contributed by atoms with Gasteiger partial charge in [0.15, 0.2) is 11.5 Å². The van der Waals surface area contributed by atoms with Crippen LogP contribution in [0.1, 0.15) is 6.92 Å². The molecule has 0 radical (unpaired) electrons. The van der Waals surface area contributed by atoms with E-state index in [1.807, 2.05) is 0 Å². The first-order valence-electron chi connectivity index (χ1n) is 9.98. The van der Waals surface area contributed by atoms with Crippen molar-refractivity contribution >= 4 is 11.6 Å². The van der Waals surface area contributed by atoms with Crippen LogP contribution in [0.5, 0.6) is 23.0 Å². The largest absolute Gasteiger partial charge is 0.495 e. The van der Waals surface area contributed by atoms with E-state index in [0.717, 1.165) is 0 Å². The number of methoxy groups -OCH3 is 4. The molecule has 176 valence electrons. The van der Waals surface area contributed by atoms with Crippen molar-refractivity contribution in [3.8, 4) is 39.9 Å². The number of hydrogen-bond acceptors (Lipinski definition) is 9. The number of nitrogens with zero attached hydrogens (tertiary/aromatic N) is 3. The van der Waals surface area contributed by atoms with E-state index < -0.39 is 18.1 Å². The molecule has 2 unspecified atom stereocenters. The second-order valence-electron chi connectivity index (χ2n) is 7.09. The minimum Gasteiger partial charge on any atom is -0.495 e. The van der Waals surface area contributed by atoms with Crippen LogP contribution < -0.4 is 30.0 Å². The van der Waals surface area contributed by atoms with Crippen molar-refractivity contribution in [1.29, 1.82) is 0 Å². The Hall–Kier alpha value is -3.83. The summed E-state index contributed by atoms with van der Waals surface area (Å²) in [7, 11) is 6.07. The fourth-order valence-electron chi connectivity index (χ4n) is 3.21. The van der Waals surface area contributed by atoms with Gasteiger partial charge in [0.2, 0.25) is 11.7 Å². The first kappa shape index (κ1) is 23.8. The van der Waals surface area contributed by atoms with Gasteiger partial charge in [-0.1, -0.05) is 5.21 Å². The topological polar surface area (TPSA) is 143 Å². The number of amides is 1. The number of nitrogens with two attached hydrogens (primary N) is 1. The zero-order chi connectivity index (χ0) is 24.1. The summed E-state index contributed by atoms with van der Waals surface area (Å²) < 4.78 is 23.2. The zero-order valence-corrected chi connectivity index (χ0v) is 19.0. The second kappa shape index (κ2) is 10.2. The average molecular weight is 457 g/mol. The number of aliphatic hydroxyl groups is 1. The summed E-state index contributed by atoms with van der Waals surface area (Å²) in [4.78, 5) is 12.4. The molecule has 0 bridgehead atoms. The molecule has 0 aliphatic carbocycles. The second-order valence-corrected chi connectivity index (χ2v) is 7.09. The lowest BCUT2D eigenvalue weighted by molar-refractivity contribution is -0.119. The van der Waals surface area contributed by atoms with Crippen LogP contribution in [0.15, 0.2) is 36.5 Å². The fraction of sp³-hybridized carbons (Fsp3) is 0.318. The highest BCUT2D eigenvalue weighted by Gasteiger charge is 2.21. The van der Waals surface area contributed by atoms with Gasteiger partial charge in [0.05, 0.1) is 57.8 Å². The normalized spacial score (nSPS) is 12.6. The van der Waals surface area contributed by atoms with Crippen LogP contribution in [0.4, 0.5) is 5.69 Å². The van der Waals surface area contributed by atoms with E-state index in [1.165, 1.54) is 35.4 Å². The molecule has 0 fully saturated rings. The van der Waals surface area contributed by atoms with E-state index in [4.69, 9.17) is 24.7 Å². The molecule has 0 saturated carbocycles. The number of anilines is 1. The quantitative estimate of drug-likeness (QED) is 0.437. The molecule has 4 N–H and O–H groups in total. The van der Waals surface area contributed by atoms with Crippen molar-refractivity contribution in [2.45, 2.75) is 19.1 Å². The van der Waals surface area contributed by atoms with Crippen molar-refractivity contribution in [3.63, 3.8) is 0 Å². The first-order valence-corrected chi connectivity index (χ1v) is 9.98. The van der Waals surface area contributed by atoms with Crippen LogP contribution in [0.3, 0.4) is 0 Å². The number of aromatic nitrogens is 3. The van der Waals surface area contributed by atoms with Crippen molar-refractivity contribution in [1.82, 2.24) is 15.0 Å². The highest BCUT2D eigenvalue weighted by Crippen LogP contribution is 2.40. The van der Waals surface area contributed by atoms with E-state index in [2.05, 4.69) is 15.6 Å². The number of carbonyl (C=O) groups excluding carboxylic acids is 1. The summed E-state index contributed by atoms with van der Waals surface area (Å²) in [6, 6.07) is 7.60. The Morgan fingerprint density at radius 1 is 1.03 bits per heavy atom. The predicted octanol–water partition coefficient (Wildman–Crippen LogP) is 1.62. The standard InChI is InChI=1S/C22H27N5O6/c1-12(28)20(23)22(29)25-15-8-13(6-7-17(15)30-2)16-11-24-26-27(16)14-9-18(31-3)21(33-5)19(10-14)32-4/h6-12,20,28H,23H2,1-5H3,(H,25,29). The Labute approximate surface area is 191 Å². The molecule has 2 aromatic carbocycles. The molecule has 11 heteroatoms. The lowest BCUT2D eigenvalue weighted by atomic mass is 10.1. The molecule has 33 heavy (non-hydrogen) atoms. The summed E-state index contributed by atoms with van der Waals surface area (Å²) in [5.74, 6) is 1.26. The maximum atomic E-state index is 12.4. The molecule has 3 rings (SSSR count). The smallest absolute Gasteiger partial charge is 0.244 e. The van der Waals surface area contributed by atoms with Crippen LogP contribution in [-0.2, 0) is 4.79 Å². The molecule has 1 heterocycles. The third-order valence-electron chi connectivity index (χ3n) is 5.02. The van der Waals surface area contributed by atoms with Crippen LogP contribution in [0, 0.1) is 0 Å². The highest BCUT2D eigenvalue weighted by molar-refractivity contribution is 5.97. The number of aliphatic hydroxyl groups excluding tert-OH is 1. The molecule has 0 aliphatic rings. The Kier molecular flexibility index (Phi) is 7.36. The van der Waals surface area contributed by atoms with Gasteiger partial charge in [-0.25, -0.2) is 4.68 Å². The molecule has 2 atom stereocenters. The van der Waals surface area contributed by atoms with Crippen LogP contribution in [0.25, 0.3) is 16.9 Å². The van der Waals surface area contributed by atoms with Crippen molar-refractivity contribution < 1.29 is 28.8 Å². The van der Waals surface area contributed by atoms with E-state index in [0.29, 0.717) is 45.6 Å². The minimum absolute atomic E-state index is 0.383. The Bertz CT molecular complexity index is 1110. The van der Waals surface area contributed by atoms with Gasteiger partial charge in [0.1, 0.15) is 11.8 Å². The highest BCUT2D eigenvalue weighted by atomic mass is 16.5. The van der Waals surface area contributed by atoms with E-state index in [1.54, 1.807) is 41.2 Å². The molecular formula is C22H27N5O6. The maximum absolute atomic E-state index is 12.4. The number of ether oxygens (including phenoxy) is 4. The Balaban J connectivity index is 2.06. The molecule has 3 aromatic rings. The van der Waals surface area contributed by atoms with Gasteiger partial charge in [-0.3, -0.25) is 4.79 Å². The fourth-order valence-corrected chi connectivity index (χ4v) is 3.21. The molecule has 11 nitrogen and oxygen atoms in total. The summed E-state index contributed by atoms with van der Waals surface area (Å²) in [5.41, 5.74) is 8.07. The van der Waals surface area contributed by atoms with Crippen LogP contribution >= 0.6 is 0 Å². The lowest BCUT2D eigenvalue weighted by Gasteiger charge is -2.17. The summed E-state index contributed by atoms with van der Waals surface area (Å²) >= 11 is 0. The Morgan fingerprint density at radius 2 is 1.67 bits per heavy atom. The third-order valence-corrected chi connectivity index (χ3v) is 5.02. The van der Waals surface area contributed by atoms with Crippen LogP contribution in [0.2, 0.25) is 0 Å². The molecular weight excluding hydrogens is 430 g/mol. The summed E-state index contributed by atoms with van der Waals surface area (Å²) in [6.07, 6.45) is 0.572. The molecule has 1 aromatic heterocycles. The van der Waals surface area contributed by atoms with Gasteiger partial charge in [-0.2, -0.15) is 0 Å². The zero-order valence-electron chi connectivity index (χ0n) is 19.0. The molecule has 1 amide bonds. The Morgan fingerprint density at radius 3 is 2.21 bits per heavy atom. The van der Waals surface area contributed by atoms with Gasteiger partial charge in [-0.05, 0) is 25.1 Å². The van der Waals surface area contributed by atoms with Gasteiger partial charge in [0.25, 0.3) is 0 Å². The van der Waals surface area contributed by atoms with Crippen LogP contribution in [-0.4, -0.2) is 66.6 Å². The number of rotatable bonds is 9. The van der Waals surface area contributed by atoms with Gasteiger partial charge < -0.3 is 35.1 Å². The van der Waals surface area contributed by atoms with Gasteiger partial charge in [-0.15, -0.1) is 5.10 Å². The summed E-state index contributed by atoms with van der Waals surface area (Å²) in [6.45, 7) is 1.44. The number of benzene rings is 2. The van der Waals surface area contributed by atoms with E-state index >= 15 is 0 Å². The third kappa shape index (κ3) is 4.83. The number of carbonyl (C=O) groups is 1. The lowest BCUT2D eigenvalue weighted by Crippen LogP contribution is -2.43. The van der Waals surface area contributed by atoms with Crippen molar-refractivity contribution in [3.05, 3.63) is 36.5 Å².